The predicted molar refractivity (Wildman–Crippen MR) is 123 cm³/mol. The number of fused-ring (bicyclic) bond motifs is 1. The maximum absolute atomic E-state index is 12.7. The van der Waals surface area contributed by atoms with E-state index in [4.69, 9.17) is 16.6 Å². The first-order chi connectivity index (χ1) is 14.6. The molecular weight excluding hydrogens is 394 g/mol. The fraction of sp³-hybridized carbons (Fsp3) is 0.167. The second-order valence-electron chi connectivity index (χ2n) is 7.29. The van der Waals surface area contributed by atoms with Gasteiger partial charge < -0.3 is 19.6 Å². The van der Waals surface area contributed by atoms with Crippen LogP contribution in [0.3, 0.4) is 0 Å². The first-order valence-corrected chi connectivity index (χ1v) is 10.2. The van der Waals surface area contributed by atoms with Crippen LogP contribution in [0.2, 0.25) is 0 Å². The molecule has 6 heteroatoms. The van der Waals surface area contributed by atoms with Gasteiger partial charge in [-0.05, 0) is 60.4 Å². The van der Waals surface area contributed by atoms with Crippen LogP contribution >= 0.6 is 12.2 Å². The van der Waals surface area contributed by atoms with Gasteiger partial charge in [-0.1, -0.05) is 42.0 Å². The molecule has 0 aliphatic rings. The van der Waals surface area contributed by atoms with Gasteiger partial charge in [0.25, 0.3) is 5.56 Å². The molecule has 0 aliphatic carbocycles. The summed E-state index contributed by atoms with van der Waals surface area (Å²) >= 11 is 5.67. The van der Waals surface area contributed by atoms with Gasteiger partial charge in [0.1, 0.15) is 5.76 Å². The number of hydrogen-bond donors (Lipinski definition) is 2. The highest BCUT2D eigenvalue weighted by Crippen LogP contribution is 2.15. The first kappa shape index (κ1) is 19.9. The lowest BCUT2D eigenvalue weighted by Crippen LogP contribution is -2.39. The van der Waals surface area contributed by atoms with Crippen molar-refractivity contribution in [2.75, 3.05) is 0 Å². The minimum atomic E-state index is -0.0988. The number of thiocarbonyl (C=S) groups is 1. The zero-order valence-electron chi connectivity index (χ0n) is 16.7. The fourth-order valence-corrected chi connectivity index (χ4v) is 3.59. The maximum atomic E-state index is 12.7. The van der Waals surface area contributed by atoms with Crippen LogP contribution in [-0.2, 0) is 19.6 Å². The van der Waals surface area contributed by atoms with Gasteiger partial charge in [0.2, 0.25) is 0 Å². The van der Waals surface area contributed by atoms with Crippen molar-refractivity contribution in [1.29, 1.82) is 0 Å². The highest BCUT2D eigenvalue weighted by Gasteiger charge is 2.14. The SMILES string of the molecule is Cc1ccc2[nH]c(=O)c(CN(Cc3ccccc3)C(=S)NCc3ccco3)cc2c1. The van der Waals surface area contributed by atoms with Crippen LogP contribution in [0.25, 0.3) is 10.9 Å². The summed E-state index contributed by atoms with van der Waals surface area (Å²) in [4.78, 5) is 17.7. The summed E-state index contributed by atoms with van der Waals surface area (Å²) in [5.74, 6) is 0.802. The van der Waals surface area contributed by atoms with Crippen LogP contribution in [0.15, 0.2) is 82.2 Å². The van der Waals surface area contributed by atoms with Gasteiger partial charge >= 0.3 is 0 Å². The van der Waals surface area contributed by atoms with Gasteiger partial charge in [-0.3, -0.25) is 4.79 Å². The maximum Gasteiger partial charge on any atom is 0.253 e. The van der Waals surface area contributed by atoms with Crippen LogP contribution in [0.5, 0.6) is 0 Å². The van der Waals surface area contributed by atoms with Crippen molar-refractivity contribution in [2.45, 2.75) is 26.6 Å². The number of pyridine rings is 1. The first-order valence-electron chi connectivity index (χ1n) is 9.80. The second kappa shape index (κ2) is 8.97. The monoisotopic (exact) mass is 417 g/mol. The molecule has 0 radical (unpaired) electrons. The average Bonchev–Trinajstić information content (AvgIpc) is 3.27. The lowest BCUT2D eigenvalue weighted by atomic mass is 10.1. The molecule has 4 aromatic rings. The summed E-state index contributed by atoms with van der Waals surface area (Å²) in [5, 5.41) is 4.82. The van der Waals surface area contributed by atoms with Gasteiger partial charge in [0, 0.05) is 17.6 Å². The Hall–Kier alpha value is -3.38. The topological polar surface area (TPSA) is 61.3 Å². The number of furan rings is 1. The standard InChI is InChI=1S/C24H23N3O2S/c1-17-9-10-22-19(12-17)13-20(23(28)26-22)16-27(15-18-6-3-2-4-7-18)24(30)25-14-21-8-5-11-29-21/h2-13H,14-16H2,1H3,(H,25,30)(H,26,28). The largest absolute Gasteiger partial charge is 0.467 e. The molecule has 0 saturated heterocycles. The number of nitrogens with one attached hydrogen (secondary N) is 2. The third-order valence-corrected chi connectivity index (χ3v) is 5.34. The molecule has 5 nitrogen and oxygen atoms in total. The van der Waals surface area contributed by atoms with Gasteiger partial charge in [0.15, 0.2) is 5.11 Å². The molecule has 152 valence electrons. The van der Waals surface area contributed by atoms with E-state index in [1.54, 1.807) is 6.26 Å². The van der Waals surface area contributed by atoms with Crippen molar-refractivity contribution in [1.82, 2.24) is 15.2 Å². The Bertz CT molecular complexity index is 1200. The summed E-state index contributed by atoms with van der Waals surface area (Å²) in [6, 6.07) is 21.8. The van der Waals surface area contributed by atoms with Crippen molar-refractivity contribution in [2.24, 2.45) is 0 Å². The van der Waals surface area contributed by atoms with E-state index in [2.05, 4.69) is 28.5 Å². The molecule has 30 heavy (non-hydrogen) atoms. The molecule has 0 unspecified atom stereocenters. The molecule has 0 bridgehead atoms. The number of nitrogens with zero attached hydrogens (tertiary/aromatic N) is 1. The van der Waals surface area contributed by atoms with Gasteiger partial charge in [0.05, 0.1) is 19.4 Å². The molecule has 4 rings (SSSR count). The predicted octanol–water partition coefficient (Wildman–Crippen LogP) is 4.51. The van der Waals surface area contributed by atoms with Crippen LogP contribution in [0.1, 0.15) is 22.5 Å². The molecule has 0 spiro atoms. The van der Waals surface area contributed by atoms with Crippen molar-refractivity contribution in [3.8, 4) is 0 Å². The van der Waals surface area contributed by atoms with Crippen molar-refractivity contribution in [3.05, 3.63) is 106 Å². The zero-order valence-corrected chi connectivity index (χ0v) is 17.5. The van der Waals surface area contributed by atoms with Crippen molar-refractivity contribution >= 4 is 28.2 Å². The van der Waals surface area contributed by atoms with Crippen molar-refractivity contribution < 1.29 is 4.42 Å². The van der Waals surface area contributed by atoms with E-state index < -0.39 is 0 Å². The van der Waals surface area contributed by atoms with Crippen LogP contribution in [-0.4, -0.2) is 15.0 Å². The zero-order chi connectivity index (χ0) is 20.9. The molecule has 2 heterocycles. The molecule has 0 atom stereocenters. The van der Waals surface area contributed by atoms with Crippen LogP contribution < -0.4 is 10.9 Å². The Morgan fingerprint density at radius 1 is 1.07 bits per heavy atom. The summed E-state index contributed by atoms with van der Waals surface area (Å²) in [6.45, 7) is 3.53. The summed E-state index contributed by atoms with van der Waals surface area (Å²) in [6.07, 6.45) is 1.64. The number of benzene rings is 2. The molecule has 2 N–H and O–H groups in total. The summed E-state index contributed by atoms with van der Waals surface area (Å²) < 4.78 is 5.38. The quantitative estimate of drug-likeness (QED) is 0.452. The Kier molecular flexibility index (Phi) is 5.95. The third kappa shape index (κ3) is 4.78. The third-order valence-electron chi connectivity index (χ3n) is 4.94. The van der Waals surface area contributed by atoms with Crippen LogP contribution in [0.4, 0.5) is 0 Å². The van der Waals surface area contributed by atoms with Gasteiger partial charge in [-0.25, -0.2) is 0 Å². The lowest BCUT2D eigenvalue weighted by molar-refractivity contribution is 0.393. The summed E-state index contributed by atoms with van der Waals surface area (Å²) in [7, 11) is 0. The Morgan fingerprint density at radius 2 is 1.90 bits per heavy atom. The minimum absolute atomic E-state index is 0.0988. The Balaban J connectivity index is 1.60. The molecule has 0 saturated carbocycles. The van der Waals surface area contributed by atoms with E-state index in [1.165, 1.54) is 0 Å². The molecular formula is C24H23N3O2S. The number of hydrogen-bond acceptors (Lipinski definition) is 3. The molecule has 2 aromatic heterocycles. The summed E-state index contributed by atoms with van der Waals surface area (Å²) in [5.41, 5.74) is 3.68. The molecule has 0 fully saturated rings. The Morgan fingerprint density at radius 3 is 2.67 bits per heavy atom. The number of aryl methyl sites for hydroxylation is 1. The van der Waals surface area contributed by atoms with E-state index in [9.17, 15) is 4.79 Å². The highest BCUT2D eigenvalue weighted by molar-refractivity contribution is 7.80. The van der Waals surface area contributed by atoms with E-state index in [0.717, 1.165) is 27.8 Å². The lowest BCUT2D eigenvalue weighted by Gasteiger charge is -2.26. The van der Waals surface area contributed by atoms with Gasteiger partial charge in [-0.15, -0.1) is 0 Å². The molecule has 0 aliphatic heterocycles. The number of H-pyrrole nitrogens is 1. The highest BCUT2D eigenvalue weighted by atomic mass is 32.1. The molecule has 2 aromatic carbocycles. The minimum Gasteiger partial charge on any atom is -0.467 e. The fourth-order valence-electron chi connectivity index (χ4n) is 3.39. The van der Waals surface area contributed by atoms with Crippen LogP contribution in [0, 0.1) is 6.92 Å². The van der Waals surface area contributed by atoms with E-state index in [0.29, 0.717) is 30.3 Å². The van der Waals surface area contributed by atoms with E-state index >= 15 is 0 Å². The Labute approximate surface area is 180 Å². The molecule has 0 amide bonds. The number of aromatic nitrogens is 1. The number of aromatic amines is 1. The number of rotatable bonds is 6. The normalized spacial score (nSPS) is 10.8. The van der Waals surface area contributed by atoms with E-state index in [1.807, 2.05) is 60.4 Å². The van der Waals surface area contributed by atoms with Gasteiger partial charge in [-0.2, -0.15) is 0 Å². The average molecular weight is 418 g/mol. The second-order valence-corrected chi connectivity index (χ2v) is 7.68. The van der Waals surface area contributed by atoms with Crippen molar-refractivity contribution in [3.63, 3.8) is 0 Å². The smallest absolute Gasteiger partial charge is 0.253 e. The van der Waals surface area contributed by atoms with E-state index in [-0.39, 0.29) is 5.56 Å².